The Bertz CT molecular complexity index is 478. The first-order valence-corrected chi connectivity index (χ1v) is 6.99. The van der Waals surface area contributed by atoms with Crippen molar-refractivity contribution in [3.05, 3.63) is 23.5 Å². The summed E-state index contributed by atoms with van der Waals surface area (Å²) in [5, 5.41) is 16.0. The average Bonchev–Trinajstić information content (AvgIpc) is 2.44. The second-order valence-corrected chi connectivity index (χ2v) is 5.00. The monoisotopic (exact) mass is 278 g/mol. The number of pyridine rings is 1. The number of piperazine rings is 1. The van der Waals surface area contributed by atoms with Crippen LogP contribution in [0.2, 0.25) is 0 Å². The van der Waals surface area contributed by atoms with E-state index < -0.39 is 0 Å². The van der Waals surface area contributed by atoms with Crippen LogP contribution in [0, 0.1) is 6.92 Å². The van der Waals surface area contributed by atoms with Crippen LogP contribution in [-0.4, -0.2) is 53.1 Å². The molecule has 2 heterocycles. The van der Waals surface area contributed by atoms with Gasteiger partial charge < -0.3 is 15.7 Å². The number of carbonyl (C=O) groups is 1. The van der Waals surface area contributed by atoms with Gasteiger partial charge in [0.05, 0.1) is 5.69 Å². The van der Waals surface area contributed by atoms with Gasteiger partial charge in [0.1, 0.15) is 11.8 Å². The standard InChI is InChI=1S/C14H22N4O2/c1-3-16-14(20)12-8-15-6-7-18(12)9-11-13(19)5-4-10(2)17-11/h4-5,12,15,19H,3,6-9H2,1-2H3,(H,16,20). The van der Waals surface area contributed by atoms with E-state index in [-0.39, 0.29) is 17.7 Å². The lowest BCUT2D eigenvalue weighted by Crippen LogP contribution is -2.57. The van der Waals surface area contributed by atoms with Crippen molar-refractivity contribution >= 4 is 5.91 Å². The van der Waals surface area contributed by atoms with Gasteiger partial charge in [-0.1, -0.05) is 0 Å². The average molecular weight is 278 g/mol. The third kappa shape index (κ3) is 3.46. The van der Waals surface area contributed by atoms with Gasteiger partial charge in [0.25, 0.3) is 0 Å². The van der Waals surface area contributed by atoms with E-state index in [4.69, 9.17) is 0 Å². The molecule has 1 atom stereocenters. The summed E-state index contributed by atoms with van der Waals surface area (Å²) >= 11 is 0. The van der Waals surface area contributed by atoms with Gasteiger partial charge in [-0.25, -0.2) is 0 Å². The Balaban J connectivity index is 2.12. The summed E-state index contributed by atoms with van der Waals surface area (Å²) in [6.45, 7) is 7.13. The summed E-state index contributed by atoms with van der Waals surface area (Å²) in [5.41, 5.74) is 1.49. The van der Waals surface area contributed by atoms with Crippen molar-refractivity contribution < 1.29 is 9.90 Å². The fourth-order valence-electron chi connectivity index (χ4n) is 2.40. The minimum Gasteiger partial charge on any atom is -0.506 e. The van der Waals surface area contributed by atoms with E-state index in [1.165, 1.54) is 0 Å². The first kappa shape index (κ1) is 14.7. The summed E-state index contributed by atoms with van der Waals surface area (Å²) in [7, 11) is 0. The second kappa shape index (κ2) is 6.67. The largest absolute Gasteiger partial charge is 0.506 e. The quantitative estimate of drug-likeness (QED) is 0.723. The number of likely N-dealkylation sites (N-methyl/N-ethyl adjacent to an activating group) is 1. The van der Waals surface area contributed by atoms with Gasteiger partial charge in [0.15, 0.2) is 0 Å². The maximum atomic E-state index is 12.1. The molecule has 0 radical (unpaired) electrons. The van der Waals surface area contributed by atoms with Crippen LogP contribution in [-0.2, 0) is 11.3 Å². The number of amides is 1. The van der Waals surface area contributed by atoms with Crippen LogP contribution < -0.4 is 10.6 Å². The molecule has 0 aliphatic carbocycles. The lowest BCUT2D eigenvalue weighted by Gasteiger charge is -2.34. The Kier molecular flexibility index (Phi) is 4.92. The Labute approximate surface area is 119 Å². The molecule has 1 aromatic rings. The Morgan fingerprint density at radius 1 is 1.60 bits per heavy atom. The lowest BCUT2D eigenvalue weighted by atomic mass is 10.1. The molecule has 1 aliphatic rings. The van der Waals surface area contributed by atoms with E-state index in [0.717, 1.165) is 18.8 Å². The molecule has 6 nitrogen and oxygen atoms in total. The van der Waals surface area contributed by atoms with E-state index in [9.17, 15) is 9.90 Å². The van der Waals surface area contributed by atoms with Crippen molar-refractivity contribution in [1.82, 2.24) is 20.5 Å². The molecule has 3 N–H and O–H groups in total. The number of hydrogen-bond acceptors (Lipinski definition) is 5. The molecule has 1 saturated heterocycles. The first-order valence-electron chi connectivity index (χ1n) is 6.99. The maximum absolute atomic E-state index is 12.1. The van der Waals surface area contributed by atoms with Gasteiger partial charge >= 0.3 is 0 Å². The van der Waals surface area contributed by atoms with E-state index >= 15 is 0 Å². The molecular formula is C14H22N4O2. The van der Waals surface area contributed by atoms with Crippen molar-refractivity contribution in [2.24, 2.45) is 0 Å². The molecular weight excluding hydrogens is 256 g/mol. The zero-order valence-electron chi connectivity index (χ0n) is 12.0. The number of hydrogen-bond donors (Lipinski definition) is 3. The van der Waals surface area contributed by atoms with Crippen molar-refractivity contribution in [3.63, 3.8) is 0 Å². The SMILES string of the molecule is CCNC(=O)C1CNCCN1Cc1nc(C)ccc1O. The van der Waals surface area contributed by atoms with Crippen LogP contribution in [0.4, 0.5) is 0 Å². The molecule has 1 unspecified atom stereocenters. The summed E-state index contributed by atoms with van der Waals surface area (Å²) < 4.78 is 0. The number of aromatic hydroxyl groups is 1. The minimum atomic E-state index is -0.217. The van der Waals surface area contributed by atoms with E-state index in [0.29, 0.717) is 25.3 Å². The minimum absolute atomic E-state index is 0.0202. The third-order valence-electron chi connectivity index (χ3n) is 3.45. The van der Waals surface area contributed by atoms with Gasteiger partial charge in [-0.05, 0) is 26.0 Å². The zero-order chi connectivity index (χ0) is 14.5. The molecule has 1 aliphatic heterocycles. The summed E-state index contributed by atoms with van der Waals surface area (Å²) in [6, 6.07) is 3.21. The van der Waals surface area contributed by atoms with Gasteiger partial charge in [-0.2, -0.15) is 0 Å². The van der Waals surface area contributed by atoms with Crippen LogP contribution in [0.15, 0.2) is 12.1 Å². The molecule has 20 heavy (non-hydrogen) atoms. The Morgan fingerprint density at radius 3 is 3.15 bits per heavy atom. The molecule has 1 fully saturated rings. The predicted molar refractivity (Wildman–Crippen MR) is 76.4 cm³/mol. The number of aromatic nitrogens is 1. The highest BCUT2D eigenvalue weighted by Crippen LogP contribution is 2.18. The molecule has 2 rings (SSSR count). The molecule has 0 spiro atoms. The van der Waals surface area contributed by atoms with Crippen molar-refractivity contribution in [2.75, 3.05) is 26.2 Å². The van der Waals surface area contributed by atoms with Gasteiger partial charge in [-0.3, -0.25) is 14.7 Å². The van der Waals surface area contributed by atoms with Crippen molar-refractivity contribution in [1.29, 1.82) is 0 Å². The van der Waals surface area contributed by atoms with Gasteiger partial charge in [0, 0.05) is 38.4 Å². The van der Waals surface area contributed by atoms with Crippen LogP contribution in [0.3, 0.4) is 0 Å². The van der Waals surface area contributed by atoms with Gasteiger partial charge in [-0.15, -0.1) is 0 Å². The maximum Gasteiger partial charge on any atom is 0.238 e. The third-order valence-corrected chi connectivity index (χ3v) is 3.45. The number of nitrogens with zero attached hydrogens (tertiary/aromatic N) is 2. The predicted octanol–water partition coefficient (Wildman–Crippen LogP) is 0.00552. The molecule has 6 heteroatoms. The molecule has 0 aromatic carbocycles. The van der Waals surface area contributed by atoms with E-state index in [1.807, 2.05) is 13.8 Å². The second-order valence-electron chi connectivity index (χ2n) is 5.00. The fraction of sp³-hybridized carbons (Fsp3) is 0.571. The van der Waals surface area contributed by atoms with E-state index in [2.05, 4.69) is 20.5 Å². The Morgan fingerprint density at radius 2 is 2.40 bits per heavy atom. The molecule has 110 valence electrons. The number of aryl methyl sites for hydroxylation is 1. The highest BCUT2D eigenvalue weighted by Gasteiger charge is 2.28. The fourth-order valence-corrected chi connectivity index (χ4v) is 2.40. The number of nitrogens with one attached hydrogen (secondary N) is 2. The highest BCUT2D eigenvalue weighted by molar-refractivity contribution is 5.82. The Hall–Kier alpha value is -1.66. The van der Waals surface area contributed by atoms with Crippen LogP contribution in [0.5, 0.6) is 5.75 Å². The molecule has 1 aromatic heterocycles. The van der Waals surface area contributed by atoms with Crippen LogP contribution in [0.25, 0.3) is 0 Å². The number of carbonyl (C=O) groups excluding carboxylic acids is 1. The molecule has 0 saturated carbocycles. The van der Waals surface area contributed by atoms with Crippen LogP contribution in [0.1, 0.15) is 18.3 Å². The van der Waals surface area contributed by atoms with E-state index in [1.54, 1.807) is 12.1 Å². The van der Waals surface area contributed by atoms with Crippen molar-refractivity contribution in [3.8, 4) is 5.75 Å². The normalized spacial score (nSPS) is 19.8. The highest BCUT2D eigenvalue weighted by atomic mass is 16.3. The lowest BCUT2D eigenvalue weighted by molar-refractivity contribution is -0.127. The molecule has 0 bridgehead atoms. The first-order chi connectivity index (χ1) is 9.61. The number of rotatable bonds is 4. The smallest absolute Gasteiger partial charge is 0.238 e. The summed E-state index contributed by atoms with van der Waals surface area (Å²) in [4.78, 5) is 18.5. The summed E-state index contributed by atoms with van der Waals surface area (Å²) in [6.07, 6.45) is 0. The zero-order valence-corrected chi connectivity index (χ0v) is 12.0. The van der Waals surface area contributed by atoms with Crippen molar-refractivity contribution in [2.45, 2.75) is 26.4 Å². The molecule has 1 amide bonds. The van der Waals surface area contributed by atoms with Gasteiger partial charge in [0.2, 0.25) is 5.91 Å². The summed E-state index contributed by atoms with van der Waals surface area (Å²) in [5.74, 6) is 0.204. The topological polar surface area (TPSA) is 77.5 Å². The van der Waals surface area contributed by atoms with Crippen LogP contribution >= 0.6 is 0 Å².